The first-order valence-corrected chi connectivity index (χ1v) is 12.8. The van der Waals surface area contributed by atoms with Crippen LogP contribution in [0.15, 0.2) is 85.1 Å². The van der Waals surface area contributed by atoms with E-state index in [-0.39, 0.29) is 60.9 Å². The summed E-state index contributed by atoms with van der Waals surface area (Å²) in [6.07, 6.45) is 1.31. The molecule has 208 valence electrons. The fourth-order valence-electron chi connectivity index (χ4n) is 4.05. The molecule has 4 N–H and O–H groups in total. The Kier molecular flexibility index (Phi) is 12.5. The van der Waals surface area contributed by atoms with E-state index in [1.165, 1.54) is 6.20 Å². The number of aliphatic carboxylic acids is 1. The number of pyridine rings is 1. The number of carboxylic acids is 1. The van der Waals surface area contributed by atoms with Gasteiger partial charge < -0.3 is 40.2 Å². The van der Waals surface area contributed by atoms with Crippen molar-refractivity contribution in [1.29, 1.82) is 0 Å². The minimum Gasteiger partial charge on any atom is -0.548 e. The van der Waals surface area contributed by atoms with E-state index in [9.17, 15) is 24.9 Å². The molecule has 0 spiro atoms. The number of carboxylic acid groups (broad SMARTS) is 1. The molecule has 0 saturated carbocycles. The number of aliphatic hydroxyl groups is 2. The van der Waals surface area contributed by atoms with Gasteiger partial charge in [-0.25, -0.2) is 0 Å². The number of nitrogens with zero attached hydrogens (tertiary/aromatic N) is 1. The van der Waals surface area contributed by atoms with Crippen LogP contribution in [-0.2, 0) is 11.2 Å². The second-order valence-corrected chi connectivity index (χ2v) is 9.08. The molecule has 11 heteroatoms. The van der Waals surface area contributed by atoms with Crippen LogP contribution in [-0.4, -0.2) is 65.5 Å². The number of amides is 1. The largest absolute Gasteiger partial charge is 1.00 e. The standard InChI is InChI=1S/C30H31N3O7.Na/c34-18-21(32-16-22(35)19-39-23-5-2-1-3-6-23)15-20-9-11-24(12-10-20)40-27-13-14-31-29-25(27)7-4-8-26(29)30(38)33-17-28(36)37;/h1-14,21-22,32,34-35H,15-19H2,(H,33,38)(H,36,37);/q;+1/p-1/t21-,22-;/m0./s1. The summed E-state index contributed by atoms with van der Waals surface area (Å²) in [6.45, 7) is -0.307. The summed E-state index contributed by atoms with van der Waals surface area (Å²) < 4.78 is 11.6. The monoisotopic (exact) mass is 567 g/mol. The molecule has 0 unspecified atom stereocenters. The number of carbonyl (C=O) groups excluding carboxylic acids is 2. The van der Waals surface area contributed by atoms with E-state index in [4.69, 9.17) is 9.47 Å². The Morgan fingerprint density at radius 1 is 0.951 bits per heavy atom. The molecule has 0 aliphatic rings. The average molecular weight is 568 g/mol. The van der Waals surface area contributed by atoms with Gasteiger partial charge in [0.25, 0.3) is 5.91 Å². The van der Waals surface area contributed by atoms with E-state index in [1.54, 1.807) is 36.4 Å². The van der Waals surface area contributed by atoms with Crippen LogP contribution in [0.4, 0.5) is 0 Å². The van der Waals surface area contributed by atoms with Gasteiger partial charge in [0.2, 0.25) is 0 Å². The Bertz CT molecular complexity index is 1420. The van der Waals surface area contributed by atoms with Crippen molar-refractivity contribution in [3.05, 3.63) is 96.2 Å². The summed E-state index contributed by atoms with van der Waals surface area (Å²) in [5.41, 5.74) is 1.56. The molecule has 1 amide bonds. The Hall–Kier alpha value is -3.51. The predicted molar refractivity (Wildman–Crippen MR) is 146 cm³/mol. The molecule has 10 nitrogen and oxygen atoms in total. The van der Waals surface area contributed by atoms with E-state index in [0.29, 0.717) is 34.6 Å². The third kappa shape index (κ3) is 9.53. The average Bonchev–Trinajstić information content (AvgIpc) is 2.98. The van der Waals surface area contributed by atoms with E-state index in [2.05, 4.69) is 15.6 Å². The van der Waals surface area contributed by atoms with Crippen molar-refractivity contribution in [2.45, 2.75) is 18.6 Å². The Labute approximate surface area is 259 Å². The molecule has 0 aliphatic carbocycles. The SMILES string of the molecule is O=C([O-])CNC(=O)c1cccc2c(Oc3ccc(C[C@@H](CO)NC[C@H](O)COc4ccccc4)cc3)ccnc12.[Na+]. The molecule has 2 atom stereocenters. The molecule has 0 bridgehead atoms. The van der Waals surface area contributed by atoms with Crippen molar-refractivity contribution in [2.75, 3.05) is 26.3 Å². The molecule has 0 aliphatic heterocycles. The van der Waals surface area contributed by atoms with E-state index in [1.807, 2.05) is 42.5 Å². The van der Waals surface area contributed by atoms with Crippen LogP contribution in [0.3, 0.4) is 0 Å². The molecule has 1 heterocycles. The zero-order chi connectivity index (χ0) is 28.3. The van der Waals surface area contributed by atoms with Gasteiger partial charge in [0.1, 0.15) is 30.0 Å². The van der Waals surface area contributed by atoms with Gasteiger partial charge in [-0.15, -0.1) is 0 Å². The molecular weight excluding hydrogens is 537 g/mol. The third-order valence-corrected chi connectivity index (χ3v) is 6.05. The molecule has 3 aromatic carbocycles. The molecule has 0 saturated heterocycles. The van der Waals surface area contributed by atoms with Crippen LogP contribution in [0.1, 0.15) is 15.9 Å². The number of benzene rings is 3. The van der Waals surface area contributed by atoms with Crippen LogP contribution in [0.5, 0.6) is 17.2 Å². The summed E-state index contributed by atoms with van der Waals surface area (Å²) in [7, 11) is 0. The second kappa shape index (κ2) is 16.1. The molecular formula is C30H30N3NaO7. The zero-order valence-corrected chi connectivity index (χ0v) is 24.7. The quantitative estimate of drug-likeness (QED) is 0.133. The maximum atomic E-state index is 12.4. The minimum absolute atomic E-state index is 0. The first-order valence-electron chi connectivity index (χ1n) is 12.8. The topological polar surface area (TPSA) is 153 Å². The summed E-state index contributed by atoms with van der Waals surface area (Å²) in [4.78, 5) is 27.4. The van der Waals surface area contributed by atoms with E-state index < -0.39 is 24.5 Å². The molecule has 4 aromatic rings. The number of carbonyl (C=O) groups is 2. The van der Waals surface area contributed by atoms with Crippen molar-refractivity contribution in [1.82, 2.24) is 15.6 Å². The van der Waals surface area contributed by atoms with Crippen molar-refractivity contribution in [3.8, 4) is 17.2 Å². The molecule has 0 radical (unpaired) electrons. The Morgan fingerprint density at radius 3 is 2.41 bits per heavy atom. The number of nitrogens with one attached hydrogen (secondary N) is 2. The van der Waals surface area contributed by atoms with Crippen LogP contribution in [0.2, 0.25) is 0 Å². The van der Waals surface area contributed by atoms with Gasteiger partial charge in [0.15, 0.2) is 0 Å². The predicted octanol–water partition coefficient (Wildman–Crippen LogP) is -1.56. The first-order chi connectivity index (χ1) is 19.4. The molecule has 0 fully saturated rings. The van der Waals surface area contributed by atoms with E-state index in [0.717, 1.165) is 5.56 Å². The number of ether oxygens (including phenoxy) is 2. The Balaban J connectivity index is 0.00000462. The molecule has 4 rings (SSSR count). The van der Waals surface area contributed by atoms with Gasteiger partial charge in [0, 0.05) is 24.2 Å². The number of para-hydroxylation sites is 2. The fourth-order valence-corrected chi connectivity index (χ4v) is 4.05. The fraction of sp³-hybridized carbons (Fsp3) is 0.233. The van der Waals surface area contributed by atoms with Gasteiger partial charge in [0.05, 0.1) is 30.2 Å². The van der Waals surface area contributed by atoms with Crippen molar-refractivity contribution < 1.29 is 63.9 Å². The summed E-state index contributed by atoms with van der Waals surface area (Å²) in [5.74, 6) is -0.242. The van der Waals surface area contributed by atoms with Crippen LogP contribution in [0.25, 0.3) is 10.9 Å². The van der Waals surface area contributed by atoms with E-state index >= 15 is 0 Å². The van der Waals surface area contributed by atoms with Gasteiger partial charge in [-0.2, -0.15) is 0 Å². The number of rotatable bonds is 14. The zero-order valence-electron chi connectivity index (χ0n) is 22.7. The first kappa shape index (κ1) is 32.0. The normalized spacial score (nSPS) is 12.1. The molecule has 1 aromatic heterocycles. The van der Waals surface area contributed by atoms with Gasteiger partial charge >= 0.3 is 29.6 Å². The van der Waals surface area contributed by atoms with Crippen molar-refractivity contribution >= 4 is 22.8 Å². The molecule has 41 heavy (non-hydrogen) atoms. The third-order valence-electron chi connectivity index (χ3n) is 6.05. The minimum atomic E-state index is -1.39. The van der Waals surface area contributed by atoms with Crippen LogP contribution in [0, 0.1) is 0 Å². The number of hydrogen-bond donors (Lipinski definition) is 4. The number of fused-ring (bicyclic) bond motifs is 1. The maximum absolute atomic E-state index is 12.4. The smallest absolute Gasteiger partial charge is 0.548 e. The maximum Gasteiger partial charge on any atom is 1.00 e. The summed E-state index contributed by atoms with van der Waals surface area (Å²) >= 11 is 0. The second-order valence-electron chi connectivity index (χ2n) is 9.08. The van der Waals surface area contributed by atoms with Gasteiger partial charge in [-0.1, -0.05) is 36.4 Å². The number of aliphatic hydroxyl groups excluding tert-OH is 2. The Morgan fingerprint density at radius 2 is 1.71 bits per heavy atom. The van der Waals surface area contributed by atoms with Crippen molar-refractivity contribution in [3.63, 3.8) is 0 Å². The van der Waals surface area contributed by atoms with Gasteiger partial charge in [-0.3, -0.25) is 9.78 Å². The van der Waals surface area contributed by atoms with Crippen molar-refractivity contribution in [2.24, 2.45) is 0 Å². The van der Waals surface area contributed by atoms with Crippen LogP contribution >= 0.6 is 0 Å². The number of aromatic nitrogens is 1. The number of hydrogen-bond acceptors (Lipinski definition) is 9. The summed E-state index contributed by atoms with van der Waals surface area (Å²) in [6, 6.07) is 23.0. The van der Waals surface area contributed by atoms with Crippen LogP contribution < -0.4 is 54.8 Å². The van der Waals surface area contributed by atoms with Gasteiger partial charge in [-0.05, 0) is 54.4 Å². The summed E-state index contributed by atoms with van der Waals surface area (Å²) in [5, 5.41) is 36.8.